The lowest BCUT2D eigenvalue weighted by molar-refractivity contribution is 0.426. The Morgan fingerprint density at radius 3 is 2.25 bits per heavy atom. The fourth-order valence-corrected chi connectivity index (χ4v) is 3.98. The van der Waals surface area contributed by atoms with Gasteiger partial charge in [-0.25, -0.2) is 0 Å². The minimum Gasteiger partial charge on any atom is -0.423 e. The van der Waals surface area contributed by atoms with Crippen molar-refractivity contribution in [3.63, 3.8) is 0 Å². The van der Waals surface area contributed by atoms with Crippen molar-refractivity contribution in [3.05, 3.63) is 96.6 Å². The van der Waals surface area contributed by atoms with Crippen LogP contribution in [0.25, 0.3) is 38.7 Å². The van der Waals surface area contributed by atoms with Gasteiger partial charge in [0.15, 0.2) is 0 Å². The van der Waals surface area contributed by atoms with E-state index in [9.17, 15) is 10.0 Å². The molecule has 0 fully saturated rings. The van der Waals surface area contributed by atoms with E-state index in [0.717, 1.165) is 33.0 Å². The topological polar surface area (TPSA) is 40.5 Å². The Labute approximate surface area is 165 Å². The van der Waals surface area contributed by atoms with E-state index in [-0.39, 0.29) is 0 Å². The smallest absolute Gasteiger partial charge is 0.423 e. The van der Waals surface area contributed by atoms with Crippen LogP contribution < -0.4 is 5.46 Å². The normalized spacial score (nSPS) is 11.4. The molecule has 0 aliphatic rings. The Morgan fingerprint density at radius 1 is 0.857 bits per heavy atom. The number of allylic oxidation sites excluding steroid dienone is 2. The molecule has 0 saturated carbocycles. The molecule has 0 amide bonds. The molecule has 0 atom stereocenters. The van der Waals surface area contributed by atoms with Gasteiger partial charge in [0.05, 0.1) is 0 Å². The summed E-state index contributed by atoms with van der Waals surface area (Å²) >= 11 is 0. The van der Waals surface area contributed by atoms with Crippen molar-refractivity contribution in [3.8, 4) is 11.1 Å². The maximum atomic E-state index is 10.1. The highest BCUT2D eigenvalue weighted by Gasteiger charge is 2.23. The summed E-state index contributed by atoms with van der Waals surface area (Å²) in [4.78, 5) is 0. The summed E-state index contributed by atoms with van der Waals surface area (Å²) in [6.45, 7) is 5.72. The third kappa shape index (κ3) is 3.05. The van der Waals surface area contributed by atoms with Gasteiger partial charge in [0.2, 0.25) is 0 Å². The van der Waals surface area contributed by atoms with Crippen LogP contribution in [0.2, 0.25) is 0 Å². The largest absolute Gasteiger partial charge is 0.489 e. The molecule has 0 aliphatic heterocycles. The van der Waals surface area contributed by atoms with Crippen molar-refractivity contribution >= 4 is 40.2 Å². The predicted molar refractivity (Wildman–Crippen MR) is 121 cm³/mol. The number of rotatable bonds is 4. The highest BCUT2D eigenvalue weighted by atomic mass is 16.4. The lowest BCUT2D eigenvalue weighted by Crippen LogP contribution is -2.33. The van der Waals surface area contributed by atoms with Crippen LogP contribution in [0.5, 0.6) is 0 Å². The maximum absolute atomic E-state index is 10.1. The van der Waals surface area contributed by atoms with Crippen LogP contribution in [0.3, 0.4) is 0 Å². The quantitative estimate of drug-likeness (QED) is 0.402. The van der Waals surface area contributed by atoms with Gasteiger partial charge in [-0.15, -0.1) is 0 Å². The van der Waals surface area contributed by atoms with Crippen molar-refractivity contribution in [2.24, 2.45) is 0 Å². The van der Waals surface area contributed by atoms with Crippen molar-refractivity contribution in [1.82, 2.24) is 0 Å². The standard InChI is InChI=1S/C25H21BO2/c1-3-4-11-21-17(2)25(26(27)28)23-13-8-7-12-22(23)24(21)20-15-14-18-9-5-6-10-19(18)16-20/h3-16,27-28H,1H2,2H3/b11-4-. The molecular weight excluding hydrogens is 343 g/mol. The summed E-state index contributed by atoms with van der Waals surface area (Å²) in [5.74, 6) is 0. The highest BCUT2D eigenvalue weighted by molar-refractivity contribution is 6.63. The van der Waals surface area contributed by atoms with Crippen molar-refractivity contribution in [2.45, 2.75) is 6.92 Å². The van der Waals surface area contributed by atoms with Gasteiger partial charge in [-0.2, -0.15) is 0 Å². The number of hydrogen-bond acceptors (Lipinski definition) is 2. The average molecular weight is 364 g/mol. The van der Waals surface area contributed by atoms with E-state index in [1.54, 1.807) is 6.08 Å². The summed E-state index contributed by atoms with van der Waals surface area (Å²) < 4.78 is 0. The van der Waals surface area contributed by atoms with Gasteiger partial charge < -0.3 is 10.0 Å². The second kappa shape index (κ2) is 7.47. The Balaban J connectivity index is 2.15. The van der Waals surface area contributed by atoms with Crippen LogP contribution in [0, 0.1) is 6.92 Å². The number of fused-ring (bicyclic) bond motifs is 2. The first-order valence-corrected chi connectivity index (χ1v) is 9.31. The number of hydrogen-bond donors (Lipinski definition) is 2. The molecule has 0 spiro atoms. The van der Waals surface area contributed by atoms with Crippen molar-refractivity contribution < 1.29 is 10.0 Å². The summed E-state index contributed by atoms with van der Waals surface area (Å²) in [7, 11) is -1.54. The van der Waals surface area contributed by atoms with E-state index in [1.165, 1.54) is 10.8 Å². The van der Waals surface area contributed by atoms with E-state index in [0.29, 0.717) is 5.46 Å². The molecule has 0 saturated heterocycles. The zero-order valence-electron chi connectivity index (χ0n) is 15.8. The summed E-state index contributed by atoms with van der Waals surface area (Å²) in [5, 5.41) is 24.3. The molecule has 2 N–H and O–H groups in total. The molecule has 3 heteroatoms. The molecular formula is C25H21BO2. The lowest BCUT2D eigenvalue weighted by atomic mass is 9.71. The van der Waals surface area contributed by atoms with Gasteiger partial charge in [-0.1, -0.05) is 85.5 Å². The zero-order valence-corrected chi connectivity index (χ0v) is 15.8. The van der Waals surface area contributed by atoms with Gasteiger partial charge in [0.25, 0.3) is 0 Å². The van der Waals surface area contributed by atoms with E-state index >= 15 is 0 Å². The lowest BCUT2D eigenvalue weighted by Gasteiger charge is -2.19. The molecule has 28 heavy (non-hydrogen) atoms. The van der Waals surface area contributed by atoms with Crippen LogP contribution in [0.4, 0.5) is 0 Å². The highest BCUT2D eigenvalue weighted by Crippen LogP contribution is 2.36. The van der Waals surface area contributed by atoms with Gasteiger partial charge in [0.1, 0.15) is 0 Å². The van der Waals surface area contributed by atoms with Crippen LogP contribution in [0.15, 0.2) is 85.5 Å². The van der Waals surface area contributed by atoms with Gasteiger partial charge in [0, 0.05) is 0 Å². The molecule has 0 unspecified atom stereocenters. The Morgan fingerprint density at radius 2 is 1.54 bits per heavy atom. The molecule has 2 nitrogen and oxygen atoms in total. The molecule has 0 aromatic heterocycles. The molecule has 0 bridgehead atoms. The van der Waals surface area contributed by atoms with Crippen molar-refractivity contribution in [1.29, 1.82) is 0 Å². The first-order valence-electron chi connectivity index (χ1n) is 9.31. The molecule has 4 aromatic carbocycles. The molecule has 4 rings (SSSR count). The summed E-state index contributed by atoms with van der Waals surface area (Å²) in [6, 6.07) is 22.6. The number of benzene rings is 4. The maximum Gasteiger partial charge on any atom is 0.489 e. The molecule has 0 aliphatic carbocycles. The Hall–Kier alpha value is -3.14. The van der Waals surface area contributed by atoms with Crippen molar-refractivity contribution in [2.75, 3.05) is 0 Å². The van der Waals surface area contributed by atoms with Crippen LogP contribution >= 0.6 is 0 Å². The first kappa shape index (κ1) is 18.2. The Kier molecular flexibility index (Phi) is 4.87. The first-order chi connectivity index (χ1) is 13.6. The van der Waals surface area contributed by atoms with E-state index in [4.69, 9.17) is 0 Å². The minimum atomic E-state index is -1.54. The Bertz CT molecular complexity index is 1220. The van der Waals surface area contributed by atoms with Gasteiger partial charge in [-0.3, -0.25) is 0 Å². The van der Waals surface area contributed by atoms with E-state index in [1.807, 2.05) is 55.5 Å². The van der Waals surface area contributed by atoms with Crippen LogP contribution in [0.1, 0.15) is 11.1 Å². The molecule has 0 radical (unpaired) electrons. The fourth-order valence-electron chi connectivity index (χ4n) is 3.98. The summed E-state index contributed by atoms with van der Waals surface area (Å²) in [6.07, 6.45) is 5.61. The predicted octanol–water partition coefficient (Wildman–Crippen LogP) is 4.85. The molecule has 136 valence electrons. The third-order valence-corrected chi connectivity index (χ3v) is 5.26. The minimum absolute atomic E-state index is 0.545. The van der Waals surface area contributed by atoms with E-state index in [2.05, 4.69) is 36.9 Å². The van der Waals surface area contributed by atoms with E-state index < -0.39 is 7.12 Å². The third-order valence-electron chi connectivity index (χ3n) is 5.26. The van der Waals surface area contributed by atoms with Crippen LogP contribution in [-0.4, -0.2) is 17.2 Å². The zero-order chi connectivity index (χ0) is 19.7. The fraction of sp³-hybridized carbons (Fsp3) is 0.0400. The monoisotopic (exact) mass is 364 g/mol. The molecule has 4 aromatic rings. The average Bonchev–Trinajstić information content (AvgIpc) is 2.71. The SMILES string of the molecule is C=C/C=C\c1c(C)c(B(O)O)c2ccccc2c1-c1ccc2ccccc2c1. The van der Waals surface area contributed by atoms with Gasteiger partial charge >= 0.3 is 7.12 Å². The second-order valence-corrected chi connectivity index (χ2v) is 6.90. The molecule has 0 heterocycles. The summed E-state index contributed by atoms with van der Waals surface area (Å²) in [5.41, 5.74) is 4.55. The second-order valence-electron chi connectivity index (χ2n) is 6.90. The van der Waals surface area contributed by atoms with Crippen LogP contribution in [-0.2, 0) is 0 Å². The van der Waals surface area contributed by atoms with Gasteiger partial charge in [-0.05, 0) is 62.3 Å².